The highest BCUT2D eigenvalue weighted by Crippen LogP contribution is 2.19. The van der Waals surface area contributed by atoms with E-state index in [1.165, 1.54) is 18.2 Å². The molecule has 0 fully saturated rings. The second-order valence-electron chi connectivity index (χ2n) is 5.46. The molecule has 0 saturated heterocycles. The number of benzene rings is 1. The Kier molecular flexibility index (Phi) is 5.26. The number of alkyl carbamates (subject to hydrolysis) is 1. The predicted octanol–water partition coefficient (Wildman–Crippen LogP) is 1.84. The van der Waals surface area contributed by atoms with Gasteiger partial charge < -0.3 is 20.3 Å². The van der Waals surface area contributed by atoms with Gasteiger partial charge in [0, 0.05) is 0 Å². The zero-order valence-corrected chi connectivity index (χ0v) is 12.0. The van der Waals surface area contributed by atoms with Crippen LogP contribution in [-0.4, -0.2) is 34.0 Å². The fourth-order valence-electron chi connectivity index (χ4n) is 1.62. The molecule has 0 aliphatic rings. The number of aliphatic hydroxyl groups excluding tert-OH is 1. The van der Waals surface area contributed by atoms with Crippen molar-refractivity contribution in [3.63, 3.8) is 0 Å². The number of aliphatic hydroxyl groups is 1. The van der Waals surface area contributed by atoms with Crippen LogP contribution in [0, 0.1) is 5.82 Å². The fraction of sp³-hybridized carbons (Fsp3) is 0.429. The van der Waals surface area contributed by atoms with E-state index in [4.69, 9.17) is 9.84 Å². The second kappa shape index (κ2) is 6.53. The van der Waals surface area contributed by atoms with Crippen molar-refractivity contribution in [2.24, 2.45) is 0 Å². The molecule has 0 saturated carbocycles. The minimum atomic E-state index is -1.93. The number of rotatable bonds is 4. The molecule has 2 unspecified atom stereocenters. The van der Waals surface area contributed by atoms with Gasteiger partial charge in [0.15, 0.2) is 6.10 Å². The quantitative estimate of drug-likeness (QED) is 0.788. The average Bonchev–Trinajstić information content (AvgIpc) is 2.32. The Morgan fingerprint density at radius 3 is 2.43 bits per heavy atom. The number of nitrogens with one attached hydrogen (secondary N) is 1. The molecule has 6 nitrogen and oxygen atoms in total. The fourth-order valence-corrected chi connectivity index (χ4v) is 1.62. The van der Waals surface area contributed by atoms with Crippen LogP contribution in [0.15, 0.2) is 24.3 Å². The number of aliphatic carboxylic acids is 1. The van der Waals surface area contributed by atoms with Crippen molar-refractivity contribution in [1.29, 1.82) is 0 Å². The van der Waals surface area contributed by atoms with Gasteiger partial charge in [-0.15, -0.1) is 0 Å². The standard InChI is InChI=1S/C14H18FNO5/c1-14(2,3)21-13(20)16-10(11(17)12(18)19)8-5-4-6-9(15)7-8/h4-7,10-11,17H,1-3H3,(H,16,20)(H,18,19). The first-order valence-electron chi connectivity index (χ1n) is 6.26. The maximum absolute atomic E-state index is 13.2. The molecule has 0 aromatic heterocycles. The van der Waals surface area contributed by atoms with Crippen LogP contribution in [0.5, 0.6) is 0 Å². The number of carboxylic acids is 1. The topological polar surface area (TPSA) is 95.9 Å². The van der Waals surface area contributed by atoms with Crippen molar-refractivity contribution < 1.29 is 28.9 Å². The minimum absolute atomic E-state index is 0.121. The zero-order valence-electron chi connectivity index (χ0n) is 12.0. The molecular weight excluding hydrogens is 281 g/mol. The average molecular weight is 299 g/mol. The molecule has 21 heavy (non-hydrogen) atoms. The zero-order chi connectivity index (χ0) is 16.2. The SMILES string of the molecule is CC(C)(C)OC(=O)NC(c1cccc(F)c1)C(O)C(=O)O. The number of hydrogen-bond acceptors (Lipinski definition) is 4. The van der Waals surface area contributed by atoms with E-state index in [0.717, 1.165) is 6.07 Å². The molecule has 1 aromatic carbocycles. The van der Waals surface area contributed by atoms with Crippen molar-refractivity contribution >= 4 is 12.1 Å². The molecule has 7 heteroatoms. The summed E-state index contributed by atoms with van der Waals surface area (Å²) in [5.74, 6) is -2.15. The number of carboxylic acid groups (broad SMARTS) is 1. The highest BCUT2D eigenvalue weighted by Gasteiger charge is 2.30. The minimum Gasteiger partial charge on any atom is -0.479 e. The van der Waals surface area contributed by atoms with Crippen LogP contribution < -0.4 is 5.32 Å². The van der Waals surface area contributed by atoms with Crippen LogP contribution in [0.3, 0.4) is 0 Å². The first-order valence-corrected chi connectivity index (χ1v) is 6.26. The van der Waals surface area contributed by atoms with E-state index in [2.05, 4.69) is 5.32 Å². The van der Waals surface area contributed by atoms with Crippen molar-refractivity contribution in [2.75, 3.05) is 0 Å². The summed E-state index contributed by atoms with van der Waals surface area (Å²) < 4.78 is 18.2. The summed E-state index contributed by atoms with van der Waals surface area (Å²) in [7, 11) is 0. The maximum atomic E-state index is 13.2. The van der Waals surface area contributed by atoms with Gasteiger partial charge in [0.2, 0.25) is 0 Å². The van der Waals surface area contributed by atoms with Crippen molar-refractivity contribution in [2.45, 2.75) is 38.5 Å². The summed E-state index contributed by atoms with van der Waals surface area (Å²) in [6.45, 7) is 4.91. The van der Waals surface area contributed by atoms with Crippen molar-refractivity contribution in [3.8, 4) is 0 Å². The van der Waals surface area contributed by atoms with Crippen LogP contribution in [0.2, 0.25) is 0 Å². The van der Waals surface area contributed by atoms with E-state index >= 15 is 0 Å². The lowest BCUT2D eigenvalue weighted by Crippen LogP contribution is -2.42. The van der Waals surface area contributed by atoms with Gasteiger partial charge in [-0.05, 0) is 38.5 Å². The molecule has 0 spiro atoms. The van der Waals surface area contributed by atoms with E-state index < -0.39 is 35.6 Å². The third-order valence-corrected chi connectivity index (χ3v) is 2.45. The summed E-state index contributed by atoms with van der Waals surface area (Å²) in [6.07, 6.45) is -2.84. The van der Waals surface area contributed by atoms with Crippen LogP contribution in [-0.2, 0) is 9.53 Å². The molecule has 3 N–H and O–H groups in total. The molecule has 0 radical (unpaired) electrons. The van der Waals surface area contributed by atoms with E-state index in [9.17, 15) is 19.1 Å². The number of carbonyl (C=O) groups excluding carboxylic acids is 1. The number of halogens is 1. The van der Waals surface area contributed by atoms with Gasteiger partial charge in [-0.25, -0.2) is 14.0 Å². The van der Waals surface area contributed by atoms with Crippen LogP contribution in [0.25, 0.3) is 0 Å². The maximum Gasteiger partial charge on any atom is 0.408 e. The third-order valence-electron chi connectivity index (χ3n) is 2.45. The normalized spacial score (nSPS) is 14.1. The summed E-state index contributed by atoms with van der Waals surface area (Å²) in [4.78, 5) is 22.7. The van der Waals surface area contributed by atoms with E-state index in [-0.39, 0.29) is 5.56 Å². The molecule has 0 bridgehead atoms. The molecule has 1 rings (SSSR count). The van der Waals surface area contributed by atoms with Gasteiger partial charge in [-0.1, -0.05) is 12.1 Å². The number of amides is 1. The van der Waals surface area contributed by atoms with Gasteiger partial charge >= 0.3 is 12.1 Å². The molecule has 116 valence electrons. The summed E-state index contributed by atoms with van der Waals surface area (Å²) in [5, 5.41) is 20.8. The molecule has 0 aliphatic carbocycles. The molecule has 2 atom stereocenters. The molecule has 0 aliphatic heterocycles. The first-order chi connectivity index (χ1) is 9.60. The highest BCUT2D eigenvalue weighted by atomic mass is 19.1. The Morgan fingerprint density at radius 1 is 1.33 bits per heavy atom. The van der Waals surface area contributed by atoms with Gasteiger partial charge in [0.1, 0.15) is 11.4 Å². The lowest BCUT2D eigenvalue weighted by atomic mass is 10.0. The number of carbonyl (C=O) groups is 2. The summed E-state index contributed by atoms with van der Waals surface area (Å²) in [5.41, 5.74) is -0.666. The van der Waals surface area contributed by atoms with Crippen LogP contribution >= 0.6 is 0 Å². The number of ether oxygens (including phenoxy) is 1. The Labute approximate surface area is 121 Å². The monoisotopic (exact) mass is 299 g/mol. The largest absolute Gasteiger partial charge is 0.479 e. The van der Waals surface area contributed by atoms with Crippen molar-refractivity contribution in [1.82, 2.24) is 5.32 Å². The van der Waals surface area contributed by atoms with Gasteiger partial charge in [0.25, 0.3) is 0 Å². The van der Waals surface area contributed by atoms with Crippen LogP contribution in [0.4, 0.5) is 9.18 Å². The predicted molar refractivity (Wildman–Crippen MR) is 72.2 cm³/mol. The van der Waals surface area contributed by atoms with Gasteiger partial charge in [0.05, 0.1) is 6.04 Å². The number of hydrogen-bond donors (Lipinski definition) is 3. The summed E-state index contributed by atoms with van der Waals surface area (Å²) >= 11 is 0. The van der Waals surface area contributed by atoms with Gasteiger partial charge in [-0.3, -0.25) is 0 Å². The van der Waals surface area contributed by atoms with Gasteiger partial charge in [-0.2, -0.15) is 0 Å². The van der Waals surface area contributed by atoms with E-state index in [1.807, 2.05) is 0 Å². The van der Waals surface area contributed by atoms with Crippen molar-refractivity contribution in [3.05, 3.63) is 35.6 Å². The Morgan fingerprint density at radius 2 is 1.95 bits per heavy atom. The lowest BCUT2D eigenvalue weighted by molar-refractivity contribution is -0.148. The molecule has 0 heterocycles. The highest BCUT2D eigenvalue weighted by molar-refractivity contribution is 5.75. The molecular formula is C14H18FNO5. The lowest BCUT2D eigenvalue weighted by Gasteiger charge is -2.25. The Hall–Kier alpha value is -2.15. The van der Waals surface area contributed by atoms with Crippen LogP contribution in [0.1, 0.15) is 32.4 Å². The van der Waals surface area contributed by atoms with E-state index in [1.54, 1.807) is 20.8 Å². The second-order valence-corrected chi connectivity index (χ2v) is 5.46. The Balaban J connectivity index is 2.99. The Bertz CT molecular complexity index is 526. The third kappa shape index (κ3) is 5.39. The first kappa shape index (κ1) is 16.9. The van der Waals surface area contributed by atoms with E-state index in [0.29, 0.717) is 0 Å². The molecule has 1 amide bonds. The molecule has 1 aromatic rings. The smallest absolute Gasteiger partial charge is 0.408 e. The summed E-state index contributed by atoms with van der Waals surface area (Å²) in [6, 6.07) is 3.63.